The first-order chi connectivity index (χ1) is 12.2. The number of anilines is 1. The standard InChI is InChI=1S/C20H25N3OS/c1-16(25-15-17-7-3-2-4-8-17)20(24)22-14-18-9-10-19(21-13-18)23-11-5-6-12-23/h2-4,7-10,13,16H,5-6,11-12,14-15H2,1H3,(H,22,24)/t16-/m0/s1. The van der Waals surface area contributed by atoms with Crippen molar-refractivity contribution >= 4 is 23.5 Å². The summed E-state index contributed by atoms with van der Waals surface area (Å²) >= 11 is 1.66. The maximum absolute atomic E-state index is 12.3. The zero-order chi connectivity index (χ0) is 17.5. The molecule has 1 saturated heterocycles. The molecule has 1 amide bonds. The zero-order valence-electron chi connectivity index (χ0n) is 14.6. The van der Waals surface area contributed by atoms with E-state index >= 15 is 0 Å². The Morgan fingerprint density at radius 1 is 1.16 bits per heavy atom. The molecule has 1 aromatic carbocycles. The average molecular weight is 356 g/mol. The Morgan fingerprint density at radius 3 is 2.60 bits per heavy atom. The molecule has 3 rings (SSSR count). The summed E-state index contributed by atoms with van der Waals surface area (Å²) in [5.74, 6) is 1.96. The third-order valence-corrected chi connectivity index (χ3v) is 5.63. The van der Waals surface area contributed by atoms with Crippen molar-refractivity contribution in [1.82, 2.24) is 10.3 Å². The highest BCUT2D eigenvalue weighted by atomic mass is 32.2. The molecule has 2 aromatic rings. The van der Waals surface area contributed by atoms with Gasteiger partial charge < -0.3 is 10.2 Å². The van der Waals surface area contributed by atoms with Gasteiger partial charge in [-0.2, -0.15) is 0 Å². The molecule has 0 bridgehead atoms. The molecule has 1 aliphatic rings. The van der Waals surface area contributed by atoms with Crippen molar-refractivity contribution < 1.29 is 4.79 Å². The second kappa shape index (κ2) is 8.90. The summed E-state index contributed by atoms with van der Waals surface area (Å²) in [6, 6.07) is 14.4. The van der Waals surface area contributed by atoms with Crippen LogP contribution in [0, 0.1) is 0 Å². The predicted molar refractivity (Wildman–Crippen MR) is 105 cm³/mol. The highest BCUT2D eigenvalue weighted by Crippen LogP contribution is 2.19. The molecule has 25 heavy (non-hydrogen) atoms. The molecule has 0 saturated carbocycles. The molecule has 2 heterocycles. The number of hydrogen-bond acceptors (Lipinski definition) is 4. The van der Waals surface area contributed by atoms with Gasteiger partial charge in [-0.25, -0.2) is 4.98 Å². The number of nitrogens with one attached hydrogen (secondary N) is 1. The molecule has 0 unspecified atom stereocenters. The van der Waals surface area contributed by atoms with Crippen LogP contribution in [0.1, 0.15) is 30.9 Å². The van der Waals surface area contributed by atoms with E-state index in [1.807, 2.05) is 31.3 Å². The Balaban J connectivity index is 1.43. The van der Waals surface area contributed by atoms with Crippen molar-refractivity contribution in [1.29, 1.82) is 0 Å². The molecular formula is C20H25N3OS. The van der Waals surface area contributed by atoms with Gasteiger partial charge in [0.2, 0.25) is 5.91 Å². The summed E-state index contributed by atoms with van der Waals surface area (Å²) in [4.78, 5) is 19.1. The summed E-state index contributed by atoms with van der Waals surface area (Å²) in [6.07, 6.45) is 4.37. The molecule has 4 nitrogen and oxygen atoms in total. The van der Waals surface area contributed by atoms with E-state index in [9.17, 15) is 4.79 Å². The number of rotatable bonds is 7. The third kappa shape index (κ3) is 5.23. The molecule has 0 spiro atoms. The fraction of sp³-hybridized carbons (Fsp3) is 0.400. The van der Waals surface area contributed by atoms with Crippen LogP contribution in [0.5, 0.6) is 0 Å². The zero-order valence-corrected chi connectivity index (χ0v) is 15.5. The second-order valence-electron chi connectivity index (χ2n) is 6.38. The lowest BCUT2D eigenvalue weighted by atomic mass is 10.2. The number of benzene rings is 1. The Hall–Kier alpha value is -2.01. The number of hydrogen-bond donors (Lipinski definition) is 1. The molecule has 1 N–H and O–H groups in total. The molecule has 0 aliphatic carbocycles. The summed E-state index contributed by atoms with van der Waals surface area (Å²) in [7, 11) is 0. The van der Waals surface area contributed by atoms with Gasteiger partial charge in [0, 0.05) is 31.6 Å². The van der Waals surface area contributed by atoms with Crippen molar-refractivity contribution in [2.24, 2.45) is 0 Å². The fourth-order valence-electron chi connectivity index (χ4n) is 2.86. The molecule has 132 valence electrons. The van der Waals surface area contributed by atoms with Gasteiger partial charge in [-0.05, 0) is 37.0 Å². The molecule has 1 fully saturated rings. The number of thioether (sulfide) groups is 1. The monoisotopic (exact) mass is 355 g/mol. The van der Waals surface area contributed by atoms with E-state index in [1.165, 1.54) is 18.4 Å². The third-order valence-electron chi connectivity index (χ3n) is 4.42. The summed E-state index contributed by atoms with van der Waals surface area (Å²) < 4.78 is 0. The van der Waals surface area contributed by atoms with Crippen LogP contribution >= 0.6 is 11.8 Å². The van der Waals surface area contributed by atoms with Crippen LogP contribution in [0.25, 0.3) is 0 Å². The Bertz CT molecular complexity index is 669. The highest BCUT2D eigenvalue weighted by molar-refractivity contribution is 7.99. The van der Waals surface area contributed by atoms with E-state index < -0.39 is 0 Å². The largest absolute Gasteiger partial charge is 0.357 e. The van der Waals surface area contributed by atoms with E-state index in [4.69, 9.17) is 0 Å². The molecule has 0 radical (unpaired) electrons. The van der Waals surface area contributed by atoms with Gasteiger partial charge in [-0.1, -0.05) is 36.4 Å². The van der Waals surface area contributed by atoms with Crippen molar-refractivity contribution in [2.75, 3.05) is 18.0 Å². The van der Waals surface area contributed by atoms with E-state index in [2.05, 4.69) is 39.5 Å². The van der Waals surface area contributed by atoms with Crippen molar-refractivity contribution in [3.05, 3.63) is 59.8 Å². The summed E-state index contributed by atoms with van der Waals surface area (Å²) in [5.41, 5.74) is 2.28. The van der Waals surface area contributed by atoms with Crippen LogP contribution < -0.4 is 10.2 Å². The topological polar surface area (TPSA) is 45.2 Å². The molecule has 1 aliphatic heterocycles. The SMILES string of the molecule is C[C@H](SCc1ccccc1)C(=O)NCc1ccc(N2CCCC2)nc1. The summed E-state index contributed by atoms with van der Waals surface area (Å²) in [5, 5.41) is 2.94. The van der Waals surface area contributed by atoms with Crippen LogP contribution in [-0.4, -0.2) is 29.2 Å². The van der Waals surface area contributed by atoms with Crippen LogP contribution in [0.2, 0.25) is 0 Å². The van der Waals surface area contributed by atoms with E-state index in [0.29, 0.717) is 6.54 Å². The lowest BCUT2D eigenvalue weighted by molar-refractivity contribution is -0.120. The van der Waals surface area contributed by atoms with Gasteiger partial charge in [-0.15, -0.1) is 11.8 Å². The van der Waals surface area contributed by atoms with Crippen molar-refractivity contribution in [2.45, 2.75) is 37.3 Å². The molecular weight excluding hydrogens is 330 g/mol. The first-order valence-electron chi connectivity index (χ1n) is 8.85. The lowest BCUT2D eigenvalue weighted by Crippen LogP contribution is -2.30. The number of aromatic nitrogens is 1. The maximum atomic E-state index is 12.3. The molecule has 5 heteroatoms. The lowest BCUT2D eigenvalue weighted by Gasteiger charge is -2.16. The average Bonchev–Trinajstić information content (AvgIpc) is 3.20. The van der Waals surface area contributed by atoms with Crippen LogP contribution in [-0.2, 0) is 17.1 Å². The Kier molecular flexibility index (Phi) is 6.34. The molecule has 1 atom stereocenters. The van der Waals surface area contributed by atoms with Crippen LogP contribution in [0.4, 0.5) is 5.82 Å². The van der Waals surface area contributed by atoms with Gasteiger partial charge in [0.25, 0.3) is 0 Å². The Labute approximate surface area is 154 Å². The first-order valence-corrected chi connectivity index (χ1v) is 9.90. The second-order valence-corrected chi connectivity index (χ2v) is 7.70. The van der Waals surface area contributed by atoms with Gasteiger partial charge in [-0.3, -0.25) is 4.79 Å². The van der Waals surface area contributed by atoms with E-state index in [1.54, 1.807) is 11.8 Å². The van der Waals surface area contributed by atoms with E-state index in [-0.39, 0.29) is 11.2 Å². The number of amides is 1. The normalized spacial score (nSPS) is 15.2. The maximum Gasteiger partial charge on any atom is 0.233 e. The minimum atomic E-state index is -0.0722. The van der Waals surface area contributed by atoms with Crippen LogP contribution in [0.3, 0.4) is 0 Å². The van der Waals surface area contributed by atoms with Crippen LogP contribution in [0.15, 0.2) is 48.7 Å². The smallest absolute Gasteiger partial charge is 0.233 e. The minimum Gasteiger partial charge on any atom is -0.357 e. The van der Waals surface area contributed by atoms with Gasteiger partial charge >= 0.3 is 0 Å². The number of carbonyl (C=O) groups is 1. The van der Waals surface area contributed by atoms with E-state index in [0.717, 1.165) is 30.2 Å². The fourth-order valence-corrected chi connectivity index (χ4v) is 3.73. The predicted octanol–water partition coefficient (Wildman–Crippen LogP) is 3.62. The quantitative estimate of drug-likeness (QED) is 0.824. The first kappa shape index (κ1) is 17.8. The Morgan fingerprint density at radius 2 is 1.92 bits per heavy atom. The summed E-state index contributed by atoms with van der Waals surface area (Å²) in [6.45, 7) is 4.68. The number of carbonyl (C=O) groups excluding carboxylic acids is 1. The van der Waals surface area contributed by atoms with Crippen molar-refractivity contribution in [3.63, 3.8) is 0 Å². The highest BCUT2D eigenvalue weighted by Gasteiger charge is 2.14. The van der Waals surface area contributed by atoms with Crippen molar-refractivity contribution in [3.8, 4) is 0 Å². The van der Waals surface area contributed by atoms with Gasteiger partial charge in [0.1, 0.15) is 5.82 Å². The number of nitrogens with zero attached hydrogens (tertiary/aromatic N) is 2. The number of pyridine rings is 1. The van der Waals surface area contributed by atoms with Gasteiger partial charge in [0.05, 0.1) is 5.25 Å². The van der Waals surface area contributed by atoms with Gasteiger partial charge in [0.15, 0.2) is 0 Å². The minimum absolute atomic E-state index is 0.0722. The molecule has 1 aromatic heterocycles.